The van der Waals surface area contributed by atoms with Crippen molar-refractivity contribution in [1.82, 2.24) is 4.90 Å². The lowest BCUT2D eigenvalue weighted by molar-refractivity contribution is -0.143. The number of nitrogens with zero attached hydrogens (tertiary/aromatic N) is 1. The van der Waals surface area contributed by atoms with Crippen molar-refractivity contribution in [1.29, 1.82) is 0 Å². The van der Waals surface area contributed by atoms with Crippen LogP contribution in [0.15, 0.2) is 24.3 Å². The van der Waals surface area contributed by atoms with Crippen LogP contribution in [0.2, 0.25) is 0 Å². The summed E-state index contributed by atoms with van der Waals surface area (Å²) in [5, 5.41) is 0. The van der Waals surface area contributed by atoms with Crippen molar-refractivity contribution in [3.05, 3.63) is 24.3 Å². The van der Waals surface area contributed by atoms with Crippen LogP contribution in [0.5, 0.6) is 0 Å². The maximum Gasteiger partial charge on any atom is 0.307 e. The molecule has 4 heteroatoms. The summed E-state index contributed by atoms with van der Waals surface area (Å²) in [5.41, 5.74) is 0. The number of likely N-dealkylation sites (tertiary alicyclic amines) is 1. The highest BCUT2D eigenvalue weighted by Crippen LogP contribution is 2.20. The smallest absolute Gasteiger partial charge is 0.307 e. The van der Waals surface area contributed by atoms with Crippen LogP contribution < -0.4 is 0 Å². The Labute approximate surface area is 108 Å². The number of hydrogen-bond acceptors (Lipinski definition) is 3. The van der Waals surface area contributed by atoms with Gasteiger partial charge in [-0.2, -0.15) is 0 Å². The number of methoxy groups -OCH3 is 1. The van der Waals surface area contributed by atoms with Gasteiger partial charge in [0.15, 0.2) is 0 Å². The Kier molecular flexibility index (Phi) is 6.19. The number of ether oxygens (including phenoxy) is 1. The van der Waals surface area contributed by atoms with E-state index in [9.17, 15) is 9.59 Å². The van der Waals surface area contributed by atoms with Crippen LogP contribution in [0.4, 0.5) is 0 Å². The Bertz CT molecular complexity index is 347. The molecule has 1 unspecified atom stereocenters. The summed E-state index contributed by atoms with van der Waals surface area (Å²) in [6.07, 6.45) is 10.2. The fourth-order valence-electron chi connectivity index (χ4n) is 2.12. The molecule has 0 aromatic heterocycles. The molecular formula is C14H21NO3. The van der Waals surface area contributed by atoms with Crippen LogP contribution >= 0.6 is 0 Å². The third kappa shape index (κ3) is 4.35. The van der Waals surface area contributed by atoms with E-state index in [-0.39, 0.29) is 17.9 Å². The second-order valence-corrected chi connectivity index (χ2v) is 4.35. The molecule has 1 heterocycles. The van der Waals surface area contributed by atoms with Gasteiger partial charge in [-0.25, -0.2) is 0 Å². The van der Waals surface area contributed by atoms with Gasteiger partial charge in [0.05, 0.1) is 13.5 Å². The molecule has 100 valence electrons. The first-order chi connectivity index (χ1) is 8.69. The number of esters is 1. The molecule has 1 fully saturated rings. The molecule has 4 nitrogen and oxygen atoms in total. The molecule has 1 saturated heterocycles. The number of rotatable bonds is 4. The molecule has 0 bridgehead atoms. The molecule has 0 aliphatic carbocycles. The predicted octanol–water partition coefficient (Wildman–Crippen LogP) is 2.06. The van der Waals surface area contributed by atoms with Crippen LogP contribution in [0, 0.1) is 0 Å². The first kappa shape index (κ1) is 14.5. The summed E-state index contributed by atoms with van der Waals surface area (Å²) in [5.74, 6) is -0.279. The minimum Gasteiger partial charge on any atom is -0.469 e. The van der Waals surface area contributed by atoms with Gasteiger partial charge in [0.1, 0.15) is 0 Å². The minimum absolute atomic E-state index is 0.0195. The lowest BCUT2D eigenvalue weighted by Crippen LogP contribution is -2.44. The molecule has 18 heavy (non-hydrogen) atoms. The first-order valence-electron chi connectivity index (χ1n) is 6.35. The highest BCUT2D eigenvalue weighted by atomic mass is 16.5. The molecule has 1 atom stereocenters. The average Bonchev–Trinajstić information content (AvgIpc) is 2.39. The van der Waals surface area contributed by atoms with Crippen molar-refractivity contribution in [3.8, 4) is 0 Å². The Balaban J connectivity index is 2.63. The fraction of sp³-hybridized carbons (Fsp3) is 0.571. The molecule has 0 saturated carbocycles. The zero-order valence-electron chi connectivity index (χ0n) is 11.1. The molecule has 0 N–H and O–H groups in total. The van der Waals surface area contributed by atoms with Crippen LogP contribution in [0.25, 0.3) is 0 Å². The maximum absolute atomic E-state index is 12.0. The van der Waals surface area contributed by atoms with E-state index in [1.165, 1.54) is 7.11 Å². The van der Waals surface area contributed by atoms with E-state index in [4.69, 9.17) is 0 Å². The SMILES string of the molecule is C/C=C/C=C/C(=O)N1CCCCC1CC(=O)OC. The van der Waals surface area contributed by atoms with Gasteiger partial charge in [-0.15, -0.1) is 0 Å². The van der Waals surface area contributed by atoms with Gasteiger partial charge in [-0.05, 0) is 26.2 Å². The second-order valence-electron chi connectivity index (χ2n) is 4.35. The summed E-state index contributed by atoms with van der Waals surface area (Å²) in [7, 11) is 1.38. The van der Waals surface area contributed by atoms with Crippen LogP contribution in [-0.2, 0) is 14.3 Å². The van der Waals surface area contributed by atoms with Gasteiger partial charge < -0.3 is 9.64 Å². The zero-order valence-corrected chi connectivity index (χ0v) is 11.1. The molecule has 0 spiro atoms. The van der Waals surface area contributed by atoms with E-state index >= 15 is 0 Å². The zero-order chi connectivity index (χ0) is 13.4. The number of carbonyl (C=O) groups is 2. The van der Waals surface area contributed by atoms with Gasteiger partial charge in [0.2, 0.25) is 5.91 Å². The van der Waals surface area contributed by atoms with Gasteiger partial charge in [-0.3, -0.25) is 9.59 Å². The second kappa shape index (κ2) is 7.69. The summed E-state index contributed by atoms with van der Waals surface area (Å²) in [6, 6.07) is -0.0195. The number of amides is 1. The van der Waals surface area contributed by atoms with Crippen LogP contribution in [-0.4, -0.2) is 36.5 Å². The van der Waals surface area contributed by atoms with E-state index in [1.807, 2.05) is 19.1 Å². The Morgan fingerprint density at radius 1 is 1.33 bits per heavy atom. The monoisotopic (exact) mass is 251 g/mol. The fourth-order valence-corrected chi connectivity index (χ4v) is 2.12. The molecular weight excluding hydrogens is 230 g/mol. The van der Waals surface area contributed by atoms with Crippen molar-refractivity contribution >= 4 is 11.9 Å². The normalized spacial score (nSPS) is 20.6. The highest BCUT2D eigenvalue weighted by molar-refractivity contribution is 5.88. The van der Waals surface area contributed by atoms with E-state index in [0.29, 0.717) is 6.42 Å². The van der Waals surface area contributed by atoms with Gasteiger partial charge in [0.25, 0.3) is 0 Å². The predicted molar refractivity (Wildman–Crippen MR) is 69.9 cm³/mol. The van der Waals surface area contributed by atoms with E-state index in [0.717, 1.165) is 25.8 Å². The lowest BCUT2D eigenvalue weighted by Gasteiger charge is -2.34. The van der Waals surface area contributed by atoms with Crippen molar-refractivity contribution in [2.24, 2.45) is 0 Å². The summed E-state index contributed by atoms with van der Waals surface area (Å²) >= 11 is 0. The molecule has 1 aliphatic heterocycles. The number of allylic oxidation sites excluding steroid dienone is 3. The van der Waals surface area contributed by atoms with Crippen molar-refractivity contribution in [2.75, 3.05) is 13.7 Å². The van der Waals surface area contributed by atoms with Crippen molar-refractivity contribution in [2.45, 2.75) is 38.6 Å². The largest absolute Gasteiger partial charge is 0.469 e. The maximum atomic E-state index is 12.0. The number of carbonyl (C=O) groups excluding carboxylic acids is 2. The Hall–Kier alpha value is -1.58. The van der Waals surface area contributed by atoms with E-state index in [2.05, 4.69) is 4.74 Å². The quantitative estimate of drug-likeness (QED) is 0.436. The van der Waals surface area contributed by atoms with Crippen molar-refractivity contribution < 1.29 is 14.3 Å². The molecule has 0 aromatic rings. The standard InChI is InChI=1S/C14H21NO3/c1-3-4-5-9-13(16)15-10-7-6-8-12(15)11-14(17)18-2/h3-5,9,12H,6-8,10-11H2,1-2H3/b4-3+,9-5+. The van der Waals surface area contributed by atoms with Gasteiger partial charge >= 0.3 is 5.97 Å². The number of hydrogen-bond donors (Lipinski definition) is 0. The molecule has 0 radical (unpaired) electrons. The third-order valence-electron chi connectivity index (χ3n) is 3.08. The summed E-state index contributed by atoms with van der Waals surface area (Å²) in [4.78, 5) is 25.1. The van der Waals surface area contributed by atoms with E-state index in [1.54, 1.807) is 17.1 Å². The summed E-state index contributed by atoms with van der Waals surface area (Å²) in [6.45, 7) is 2.62. The third-order valence-corrected chi connectivity index (χ3v) is 3.08. The number of piperidine rings is 1. The highest BCUT2D eigenvalue weighted by Gasteiger charge is 2.27. The average molecular weight is 251 g/mol. The Morgan fingerprint density at radius 2 is 2.11 bits per heavy atom. The van der Waals surface area contributed by atoms with Crippen LogP contribution in [0.1, 0.15) is 32.6 Å². The molecule has 1 aliphatic rings. The van der Waals surface area contributed by atoms with E-state index < -0.39 is 0 Å². The Morgan fingerprint density at radius 3 is 2.78 bits per heavy atom. The summed E-state index contributed by atoms with van der Waals surface area (Å²) < 4.78 is 4.67. The topological polar surface area (TPSA) is 46.6 Å². The first-order valence-corrected chi connectivity index (χ1v) is 6.35. The molecule has 0 aromatic carbocycles. The van der Waals surface area contributed by atoms with Gasteiger partial charge in [0, 0.05) is 18.7 Å². The lowest BCUT2D eigenvalue weighted by atomic mass is 9.99. The van der Waals surface area contributed by atoms with Crippen molar-refractivity contribution in [3.63, 3.8) is 0 Å². The van der Waals surface area contributed by atoms with Gasteiger partial charge in [-0.1, -0.05) is 18.2 Å². The molecule has 1 rings (SSSR count). The minimum atomic E-state index is -0.253. The van der Waals surface area contributed by atoms with Crippen LogP contribution in [0.3, 0.4) is 0 Å². The molecule has 1 amide bonds.